The minimum Gasteiger partial charge on any atom is -0.383 e. The minimum absolute atomic E-state index is 0.164. The van der Waals surface area contributed by atoms with Gasteiger partial charge in [-0.2, -0.15) is 0 Å². The van der Waals surface area contributed by atoms with Crippen molar-refractivity contribution in [1.82, 2.24) is 15.3 Å². The van der Waals surface area contributed by atoms with Crippen LogP contribution >= 0.6 is 11.6 Å². The summed E-state index contributed by atoms with van der Waals surface area (Å²) >= 11 is 5.89. The third kappa shape index (κ3) is 5.29. The summed E-state index contributed by atoms with van der Waals surface area (Å²) in [6.07, 6.45) is 7.55. The van der Waals surface area contributed by atoms with Crippen molar-refractivity contribution in [3.8, 4) is 0 Å². The van der Waals surface area contributed by atoms with Crippen LogP contribution in [-0.2, 0) is 13.0 Å². The normalized spacial score (nSPS) is 10.3. The summed E-state index contributed by atoms with van der Waals surface area (Å²) in [5.74, 6) is -0.164. The Bertz CT molecular complexity index is 853. The molecule has 0 unspecified atom stereocenters. The molecule has 3 rings (SSSR count). The Kier molecular flexibility index (Phi) is 6.17. The van der Waals surface area contributed by atoms with Crippen molar-refractivity contribution in [2.75, 3.05) is 11.9 Å². The van der Waals surface area contributed by atoms with Crippen molar-refractivity contribution in [1.29, 1.82) is 0 Å². The number of pyridine rings is 2. The number of halogens is 1. The first-order valence-electron chi connectivity index (χ1n) is 8.31. The van der Waals surface area contributed by atoms with Crippen LogP contribution < -0.4 is 10.6 Å². The van der Waals surface area contributed by atoms with Gasteiger partial charge in [-0.15, -0.1) is 0 Å². The molecule has 2 N–H and O–H groups in total. The van der Waals surface area contributed by atoms with Crippen molar-refractivity contribution in [2.45, 2.75) is 13.0 Å². The van der Waals surface area contributed by atoms with Gasteiger partial charge in [-0.25, -0.2) is 0 Å². The van der Waals surface area contributed by atoms with E-state index in [0.717, 1.165) is 29.2 Å². The average Bonchev–Trinajstić information content (AvgIpc) is 2.69. The van der Waals surface area contributed by atoms with Crippen LogP contribution in [0.4, 0.5) is 5.69 Å². The molecule has 5 nitrogen and oxygen atoms in total. The fourth-order valence-corrected chi connectivity index (χ4v) is 2.58. The topological polar surface area (TPSA) is 66.9 Å². The van der Waals surface area contributed by atoms with Crippen molar-refractivity contribution in [3.05, 3.63) is 89.0 Å². The molecule has 2 heterocycles. The summed E-state index contributed by atoms with van der Waals surface area (Å²) in [5, 5.41) is 6.89. The van der Waals surface area contributed by atoms with Gasteiger partial charge >= 0.3 is 0 Å². The Labute approximate surface area is 157 Å². The van der Waals surface area contributed by atoms with Gasteiger partial charge in [0.1, 0.15) is 0 Å². The van der Waals surface area contributed by atoms with E-state index in [-0.39, 0.29) is 5.91 Å². The molecule has 0 bridgehead atoms. The highest BCUT2D eigenvalue weighted by molar-refractivity contribution is 6.30. The van der Waals surface area contributed by atoms with Crippen LogP contribution in [0, 0.1) is 0 Å². The van der Waals surface area contributed by atoms with Crippen LogP contribution in [0.5, 0.6) is 0 Å². The summed E-state index contributed by atoms with van der Waals surface area (Å²) in [6.45, 7) is 1.17. The maximum absolute atomic E-state index is 12.3. The number of rotatable bonds is 7. The summed E-state index contributed by atoms with van der Waals surface area (Å²) < 4.78 is 0. The molecule has 1 amide bonds. The second-order valence-electron chi connectivity index (χ2n) is 5.81. The smallest absolute Gasteiger partial charge is 0.253 e. The van der Waals surface area contributed by atoms with Gasteiger partial charge in [0.05, 0.1) is 11.3 Å². The van der Waals surface area contributed by atoms with Gasteiger partial charge in [0.2, 0.25) is 0 Å². The molecule has 6 heteroatoms. The van der Waals surface area contributed by atoms with E-state index in [2.05, 4.69) is 20.6 Å². The average molecular weight is 367 g/mol. The van der Waals surface area contributed by atoms with Crippen LogP contribution in [0.3, 0.4) is 0 Å². The van der Waals surface area contributed by atoms with Crippen molar-refractivity contribution in [2.24, 2.45) is 0 Å². The zero-order valence-electron chi connectivity index (χ0n) is 14.2. The van der Waals surface area contributed by atoms with E-state index in [9.17, 15) is 4.79 Å². The molecule has 0 atom stereocenters. The number of nitrogens with one attached hydrogen (secondary N) is 2. The predicted molar refractivity (Wildman–Crippen MR) is 103 cm³/mol. The maximum atomic E-state index is 12.3. The van der Waals surface area contributed by atoms with Gasteiger partial charge in [-0.1, -0.05) is 29.8 Å². The number of aromatic nitrogens is 2. The number of amides is 1. The second-order valence-corrected chi connectivity index (χ2v) is 6.25. The first-order valence-corrected chi connectivity index (χ1v) is 8.69. The van der Waals surface area contributed by atoms with Gasteiger partial charge in [-0.3, -0.25) is 14.8 Å². The lowest BCUT2D eigenvalue weighted by molar-refractivity contribution is 0.0950. The standard InChI is InChI=1S/C20H19ClN4O/c21-18-5-3-15(4-6-18)7-9-24-19-10-17(13-23-14-19)20(26)25-12-16-2-1-8-22-11-16/h1-6,8,10-11,13-14,24H,7,9,12H2,(H,25,26). The van der Waals surface area contributed by atoms with Gasteiger partial charge in [-0.05, 0) is 41.8 Å². The van der Waals surface area contributed by atoms with Gasteiger partial charge in [0.25, 0.3) is 5.91 Å². The minimum atomic E-state index is -0.164. The zero-order valence-corrected chi connectivity index (χ0v) is 14.9. The molecule has 3 aromatic rings. The number of hydrogen-bond donors (Lipinski definition) is 2. The Morgan fingerprint density at radius 2 is 1.85 bits per heavy atom. The fraction of sp³-hybridized carbons (Fsp3) is 0.150. The quantitative estimate of drug-likeness (QED) is 0.668. The maximum Gasteiger partial charge on any atom is 0.253 e. The summed E-state index contributed by atoms with van der Waals surface area (Å²) in [7, 11) is 0. The number of nitrogens with zero attached hydrogens (tertiary/aromatic N) is 2. The summed E-state index contributed by atoms with van der Waals surface area (Å²) in [4.78, 5) is 20.5. The number of hydrogen-bond acceptors (Lipinski definition) is 4. The molecule has 0 saturated heterocycles. The van der Waals surface area contributed by atoms with E-state index in [1.54, 1.807) is 30.9 Å². The summed E-state index contributed by atoms with van der Waals surface area (Å²) in [6, 6.07) is 13.3. The summed E-state index contributed by atoms with van der Waals surface area (Å²) in [5.41, 5.74) is 3.48. The Morgan fingerprint density at radius 1 is 1.00 bits per heavy atom. The van der Waals surface area contributed by atoms with Gasteiger partial charge in [0.15, 0.2) is 0 Å². The number of anilines is 1. The first kappa shape index (κ1) is 17.9. The zero-order chi connectivity index (χ0) is 18.2. The molecular weight excluding hydrogens is 348 g/mol. The fourth-order valence-electron chi connectivity index (χ4n) is 2.45. The molecule has 132 valence electrons. The largest absolute Gasteiger partial charge is 0.383 e. The molecule has 0 saturated carbocycles. The molecule has 0 fully saturated rings. The predicted octanol–water partition coefficient (Wildman–Crippen LogP) is 3.71. The van der Waals surface area contributed by atoms with Crippen molar-refractivity contribution in [3.63, 3.8) is 0 Å². The Balaban J connectivity index is 1.52. The van der Waals surface area contributed by atoms with E-state index >= 15 is 0 Å². The molecule has 0 aliphatic carbocycles. The molecule has 1 aromatic carbocycles. The lowest BCUT2D eigenvalue weighted by atomic mass is 10.1. The second kappa shape index (κ2) is 8.97. The molecule has 0 aliphatic heterocycles. The van der Waals surface area contributed by atoms with Crippen LogP contribution in [0.25, 0.3) is 0 Å². The van der Waals surface area contributed by atoms with E-state index in [1.807, 2.05) is 36.4 Å². The number of benzene rings is 1. The highest BCUT2D eigenvalue weighted by Crippen LogP contribution is 2.12. The number of carbonyl (C=O) groups is 1. The van der Waals surface area contributed by atoms with Crippen LogP contribution in [-0.4, -0.2) is 22.4 Å². The molecule has 0 spiro atoms. The SMILES string of the molecule is O=C(NCc1cccnc1)c1cncc(NCCc2ccc(Cl)cc2)c1. The van der Waals surface area contributed by atoms with Crippen molar-refractivity contribution >= 4 is 23.2 Å². The molecule has 0 aliphatic rings. The van der Waals surface area contributed by atoms with Gasteiger partial charge in [0, 0.05) is 42.9 Å². The van der Waals surface area contributed by atoms with Crippen LogP contribution in [0.15, 0.2) is 67.3 Å². The Hall–Kier alpha value is -2.92. The highest BCUT2D eigenvalue weighted by Gasteiger charge is 2.07. The first-order chi connectivity index (χ1) is 12.7. The number of carbonyl (C=O) groups excluding carboxylic acids is 1. The van der Waals surface area contributed by atoms with Crippen LogP contribution in [0.2, 0.25) is 5.02 Å². The van der Waals surface area contributed by atoms with E-state index < -0.39 is 0 Å². The third-order valence-corrected chi connectivity index (χ3v) is 4.08. The molecular formula is C20H19ClN4O. The molecule has 26 heavy (non-hydrogen) atoms. The monoisotopic (exact) mass is 366 g/mol. The lowest BCUT2D eigenvalue weighted by Crippen LogP contribution is -2.23. The Morgan fingerprint density at radius 3 is 2.62 bits per heavy atom. The van der Waals surface area contributed by atoms with Gasteiger partial charge < -0.3 is 10.6 Å². The van der Waals surface area contributed by atoms with E-state index in [4.69, 9.17) is 11.6 Å². The van der Waals surface area contributed by atoms with Crippen LogP contribution in [0.1, 0.15) is 21.5 Å². The molecule has 0 radical (unpaired) electrons. The van der Waals surface area contributed by atoms with Crippen molar-refractivity contribution < 1.29 is 4.79 Å². The highest BCUT2D eigenvalue weighted by atomic mass is 35.5. The third-order valence-electron chi connectivity index (χ3n) is 3.83. The van der Waals surface area contributed by atoms with E-state index in [0.29, 0.717) is 12.1 Å². The molecule has 2 aromatic heterocycles. The van der Waals surface area contributed by atoms with E-state index in [1.165, 1.54) is 5.56 Å². The lowest BCUT2D eigenvalue weighted by Gasteiger charge is -2.09.